The van der Waals surface area contributed by atoms with Gasteiger partial charge in [-0.05, 0) is 98.9 Å². The Morgan fingerprint density at radius 2 is 0.787 bits per heavy atom. The Morgan fingerprint density at radius 1 is 0.279 bits per heavy atom. The topological polar surface area (TPSA) is 29.5 Å². The zero-order valence-electron chi connectivity index (χ0n) is 33.1. The molecule has 0 bridgehead atoms. The van der Waals surface area contributed by atoms with Gasteiger partial charge in [-0.3, -0.25) is 0 Å². The Kier molecular flexibility index (Phi) is 8.17. The van der Waals surface area contributed by atoms with E-state index in [4.69, 9.17) is 8.83 Å². The van der Waals surface area contributed by atoms with Crippen molar-refractivity contribution in [1.82, 2.24) is 0 Å². The molecule has 286 valence electrons. The summed E-state index contributed by atoms with van der Waals surface area (Å²) in [6, 6.07) is 79.8. The molecule has 12 aromatic rings. The molecule has 61 heavy (non-hydrogen) atoms. The van der Waals surface area contributed by atoms with Crippen molar-refractivity contribution in [2.24, 2.45) is 0 Å². The van der Waals surface area contributed by atoms with Crippen molar-refractivity contribution in [1.29, 1.82) is 0 Å². The van der Waals surface area contributed by atoms with E-state index < -0.39 is 0 Å². The average Bonchev–Trinajstić information content (AvgIpc) is 3.92. The van der Waals surface area contributed by atoms with Gasteiger partial charge in [-0.15, -0.1) is 0 Å². The zero-order valence-corrected chi connectivity index (χ0v) is 33.1. The van der Waals surface area contributed by atoms with E-state index in [1.165, 1.54) is 27.8 Å². The van der Waals surface area contributed by atoms with Gasteiger partial charge in [0.25, 0.3) is 0 Å². The van der Waals surface area contributed by atoms with Crippen molar-refractivity contribution in [3.8, 4) is 44.5 Å². The highest BCUT2D eigenvalue weighted by atomic mass is 16.3. The van der Waals surface area contributed by atoms with Crippen molar-refractivity contribution >= 4 is 71.7 Å². The van der Waals surface area contributed by atoms with E-state index in [1.807, 2.05) is 12.1 Å². The van der Waals surface area contributed by atoms with Gasteiger partial charge in [0.2, 0.25) is 0 Å². The summed E-state index contributed by atoms with van der Waals surface area (Å²) in [6.45, 7) is 0. The van der Waals surface area contributed by atoms with Crippen molar-refractivity contribution in [3.05, 3.63) is 224 Å². The van der Waals surface area contributed by atoms with E-state index in [2.05, 4.69) is 217 Å². The SMILES string of the molecule is c1ccc(-c2ccc(N(c3ccc(-c4cccc5c4oc4ccccc45)cc3)c3cccc4oc5c6ccccc6c(-c6cccc(-c7ccccc7)c6)cc5c34)cc2)cc1. The van der Waals surface area contributed by atoms with Gasteiger partial charge >= 0.3 is 0 Å². The zero-order chi connectivity index (χ0) is 40.3. The lowest BCUT2D eigenvalue weighted by molar-refractivity contribution is 0.670. The van der Waals surface area contributed by atoms with Crippen molar-refractivity contribution in [2.45, 2.75) is 0 Å². The Bertz CT molecular complexity index is 3560. The fourth-order valence-corrected chi connectivity index (χ4v) is 9.18. The first-order chi connectivity index (χ1) is 30.2. The minimum Gasteiger partial charge on any atom is -0.455 e. The van der Waals surface area contributed by atoms with E-state index in [-0.39, 0.29) is 0 Å². The monoisotopic (exact) mass is 779 g/mol. The average molecular weight is 780 g/mol. The van der Waals surface area contributed by atoms with Gasteiger partial charge in [-0.1, -0.05) is 170 Å². The highest BCUT2D eigenvalue weighted by molar-refractivity contribution is 6.22. The number of para-hydroxylation sites is 2. The molecule has 0 fully saturated rings. The number of rotatable bonds is 7. The maximum absolute atomic E-state index is 6.89. The molecular formula is C58H37NO2. The third kappa shape index (κ3) is 5.90. The van der Waals surface area contributed by atoms with Gasteiger partial charge in [0.15, 0.2) is 0 Å². The van der Waals surface area contributed by atoms with Crippen LogP contribution in [0, 0.1) is 0 Å². The fraction of sp³-hybridized carbons (Fsp3) is 0. The molecule has 0 saturated heterocycles. The lowest BCUT2D eigenvalue weighted by Gasteiger charge is -2.26. The van der Waals surface area contributed by atoms with Gasteiger partial charge in [-0.2, -0.15) is 0 Å². The first-order valence-corrected chi connectivity index (χ1v) is 20.7. The largest absolute Gasteiger partial charge is 0.455 e. The molecule has 0 aliphatic heterocycles. The second-order valence-corrected chi connectivity index (χ2v) is 15.6. The van der Waals surface area contributed by atoms with E-state index in [9.17, 15) is 0 Å². The summed E-state index contributed by atoms with van der Waals surface area (Å²) in [6.07, 6.45) is 0. The second-order valence-electron chi connectivity index (χ2n) is 15.6. The van der Waals surface area contributed by atoms with Gasteiger partial charge < -0.3 is 13.7 Å². The summed E-state index contributed by atoms with van der Waals surface area (Å²) >= 11 is 0. The van der Waals surface area contributed by atoms with E-state index in [0.29, 0.717) is 0 Å². The second kappa shape index (κ2) is 14.3. The van der Waals surface area contributed by atoms with Gasteiger partial charge in [-0.25, -0.2) is 0 Å². The van der Waals surface area contributed by atoms with Crippen LogP contribution in [-0.4, -0.2) is 0 Å². The summed E-state index contributed by atoms with van der Waals surface area (Å²) in [5.74, 6) is 0. The third-order valence-electron chi connectivity index (χ3n) is 12.1. The van der Waals surface area contributed by atoms with Gasteiger partial charge in [0.05, 0.1) is 11.1 Å². The molecule has 2 aromatic heterocycles. The maximum atomic E-state index is 6.89. The number of benzene rings is 10. The smallest absolute Gasteiger partial charge is 0.143 e. The molecule has 0 aliphatic carbocycles. The summed E-state index contributed by atoms with van der Waals surface area (Å²) in [7, 11) is 0. The molecule has 0 N–H and O–H groups in total. The van der Waals surface area contributed by atoms with Crippen LogP contribution in [-0.2, 0) is 0 Å². The molecule has 0 spiro atoms. The van der Waals surface area contributed by atoms with Crippen molar-refractivity contribution in [3.63, 3.8) is 0 Å². The van der Waals surface area contributed by atoms with E-state index in [1.54, 1.807) is 0 Å². The van der Waals surface area contributed by atoms with E-state index >= 15 is 0 Å². The quantitative estimate of drug-likeness (QED) is 0.161. The molecule has 3 nitrogen and oxygen atoms in total. The Balaban J connectivity index is 1.06. The number of hydrogen-bond donors (Lipinski definition) is 0. The molecule has 0 aliphatic rings. The van der Waals surface area contributed by atoms with Crippen LogP contribution in [0.1, 0.15) is 0 Å². The minimum atomic E-state index is 0.840. The van der Waals surface area contributed by atoms with Crippen LogP contribution in [0.4, 0.5) is 17.1 Å². The fourth-order valence-electron chi connectivity index (χ4n) is 9.18. The summed E-state index contributed by atoms with van der Waals surface area (Å²) < 4.78 is 13.4. The highest BCUT2D eigenvalue weighted by Crippen LogP contribution is 2.47. The number of anilines is 3. The Labute approximate surface area is 353 Å². The van der Waals surface area contributed by atoms with Crippen LogP contribution in [0.2, 0.25) is 0 Å². The van der Waals surface area contributed by atoms with Crippen LogP contribution in [0.3, 0.4) is 0 Å². The molecule has 0 saturated carbocycles. The first-order valence-electron chi connectivity index (χ1n) is 20.7. The van der Waals surface area contributed by atoms with Crippen LogP contribution in [0.15, 0.2) is 233 Å². The Hall–Kier alpha value is -8.14. The lowest BCUT2D eigenvalue weighted by Crippen LogP contribution is -2.10. The van der Waals surface area contributed by atoms with Crippen molar-refractivity contribution in [2.75, 3.05) is 4.90 Å². The number of fused-ring (bicyclic) bond motifs is 8. The molecule has 0 atom stereocenters. The highest BCUT2D eigenvalue weighted by Gasteiger charge is 2.22. The summed E-state index contributed by atoms with van der Waals surface area (Å²) in [5.41, 5.74) is 15.9. The molecule has 0 unspecified atom stereocenters. The molecule has 0 amide bonds. The normalized spacial score (nSPS) is 11.6. The molecule has 2 heterocycles. The number of furan rings is 2. The summed E-state index contributed by atoms with van der Waals surface area (Å²) in [4.78, 5) is 2.36. The standard InChI is InChI=1S/C58H37NO2/c1-3-14-38(15-4-1)40-28-32-44(33-29-40)59(45-34-30-41(31-35-45)46-23-12-24-50-48-21-9-10-26-54(48)60-57(46)50)53-25-13-27-55-56(53)52-37-51(47-20-7-8-22-49(47)58(52)61-55)43-19-11-18-42(36-43)39-16-5-2-6-17-39/h1-37H. The molecule has 12 rings (SSSR count). The predicted octanol–water partition coefficient (Wildman–Crippen LogP) is 16.8. The van der Waals surface area contributed by atoms with Crippen molar-refractivity contribution < 1.29 is 8.83 Å². The van der Waals surface area contributed by atoms with Crippen LogP contribution >= 0.6 is 0 Å². The first kappa shape index (κ1) is 34.9. The molecular weight excluding hydrogens is 743 g/mol. The molecule has 0 radical (unpaired) electrons. The predicted molar refractivity (Wildman–Crippen MR) is 255 cm³/mol. The van der Waals surface area contributed by atoms with Gasteiger partial charge in [0, 0.05) is 38.5 Å². The molecule has 10 aromatic carbocycles. The maximum Gasteiger partial charge on any atom is 0.143 e. The number of hydrogen-bond acceptors (Lipinski definition) is 3. The van der Waals surface area contributed by atoms with Crippen LogP contribution < -0.4 is 4.90 Å². The number of nitrogens with zero attached hydrogens (tertiary/aromatic N) is 1. The molecule has 3 heteroatoms. The third-order valence-corrected chi connectivity index (χ3v) is 12.1. The van der Waals surface area contributed by atoms with Gasteiger partial charge in [0.1, 0.15) is 22.3 Å². The Morgan fingerprint density at radius 3 is 1.54 bits per heavy atom. The van der Waals surface area contributed by atoms with Crippen LogP contribution in [0.5, 0.6) is 0 Å². The minimum absolute atomic E-state index is 0.840. The summed E-state index contributed by atoms with van der Waals surface area (Å²) in [5, 5.41) is 6.63. The lowest BCUT2D eigenvalue weighted by atomic mass is 9.93. The van der Waals surface area contributed by atoms with E-state index in [0.717, 1.165) is 88.4 Å². The van der Waals surface area contributed by atoms with Crippen LogP contribution in [0.25, 0.3) is 99.2 Å².